The van der Waals surface area contributed by atoms with Crippen molar-refractivity contribution >= 4 is 17.4 Å². The summed E-state index contributed by atoms with van der Waals surface area (Å²) in [6.07, 6.45) is 2.97. The van der Waals surface area contributed by atoms with Gasteiger partial charge in [0.15, 0.2) is 17.3 Å². The highest BCUT2D eigenvalue weighted by atomic mass is 16.5. The number of amides is 1. The standard InChI is InChI=1S/C15H15N5O4/c1-20(2)13-10(8-16-15(18-13)22-3)17-14(21)9-7-12(24-19-9)11-5-4-6-23-11/h4-8H,1-3H3,(H,17,21). The largest absolute Gasteiger partial charge is 0.467 e. The van der Waals surface area contributed by atoms with Crippen LogP contribution < -0.4 is 15.0 Å². The highest BCUT2D eigenvalue weighted by Crippen LogP contribution is 2.25. The first-order valence-corrected chi connectivity index (χ1v) is 6.99. The Morgan fingerprint density at radius 1 is 1.33 bits per heavy atom. The number of ether oxygens (including phenoxy) is 1. The van der Waals surface area contributed by atoms with Crippen LogP contribution in [0.1, 0.15) is 10.5 Å². The smallest absolute Gasteiger partial charge is 0.318 e. The zero-order chi connectivity index (χ0) is 17.1. The number of hydrogen-bond acceptors (Lipinski definition) is 8. The van der Waals surface area contributed by atoms with Crippen molar-refractivity contribution in [2.75, 3.05) is 31.4 Å². The van der Waals surface area contributed by atoms with Crippen LogP contribution in [0.2, 0.25) is 0 Å². The van der Waals surface area contributed by atoms with E-state index in [1.54, 1.807) is 31.1 Å². The van der Waals surface area contributed by atoms with Crippen molar-refractivity contribution in [3.63, 3.8) is 0 Å². The third-order valence-electron chi connectivity index (χ3n) is 3.11. The highest BCUT2D eigenvalue weighted by molar-refractivity contribution is 6.04. The first kappa shape index (κ1) is 15.5. The van der Waals surface area contributed by atoms with E-state index in [1.165, 1.54) is 25.6 Å². The molecule has 24 heavy (non-hydrogen) atoms. The number of anilines is 2. The van der Waals surface area contributed by atoms with E-state index in [4.69, 9.17) is 13.7 Å². The van der Waals surface area contributed by atoms with Crippen LogP contribution >= 0.6 is 0 Å². The lowest BCUT2D eigenvalue weighted by molar-refractivity contribution is 0.101. The maximum atomic E-state index is 12.4. The van der Waals surface area contributed by atoms with E-state index >= 15 is 0 Å². The van der Waals surface area contributed by atoms with Crippen LogP contribution in [0.3, 0.4) is 0 Å². The zero-order valence-corrected chi connectivity index (χ0v) is 13.3. The van der Waals surface area contributed by atoms with Crippen LogP contribution in [0, 0.1) is 0 Å². The van der Waals surface area contributed by atoms with Gasteiger partial charge in [-0.1, -0.05) is 5.16 Å². The van der Waals surface area contributed by atoms with Gasteiger partial charge in [0, 0.05) is 20.2 Å². The second-order valence-electron chi connectivity index (χ2n) is 5.00. The average Bonchev–Trinajstić information content (AvgIpc) is 3.26. The fourth-order valence-corrected chi connectivity index (χ4v) is 1.99. The molecule has 0 spiro atoms. The predicted octanol–water partition coefficient (Wildman–Crippen LogP) is 2.05. The topological polar surface area (TPSA) is 107 Å². The van der Waals surface area contributed by atoms with Crippen LogP contribution in [-0.4, -0.2) is 42.2 Å². The van der Waals surface area contributed by atoms with E-state index in [0.717, 1.165) is 0 Å². The molecule has 1 amide bonds. The highest BCUT2D eigenvalue weighted by Gasteiger charge is 2.18. The van der Waals surface area contributed by atoms with Gasteiger partial charge in [-0.3, -0.25) is 4.79 Å². The molecule has 3 heterocycles. The van der Waals surface area contributed by atoms with Crippen molar-refractivity contribution in [1.82, 2.24) is 15.1 Å². The second-order valence-corrected chi connectivity index (χ2v) is 5.00. The Hall–Kier alpha value is -3.36. The Kier molecular flexibility index (Phi) is 4.15. The summed E-state index contributed by atoms with van der Waals surface area (Å²) in [5, 5.41) is 6.45. The van der Waals surface area contributed by atoms with Gasteiger partial charge in [0.25, 0.3) is 5.91 Å². The molecule has 3 rings (SSSR count). The molecule has 0 atom stereocenters. The van der Waals surface area contributed by atoms with E-state index in [-0.39, 0.29) is 11.7 Å². The van der Waals surface area contributed by atoms with E-state index in [0.29, 0.717) is 23.0 Å². The molecule has 3 aromatic rings. The molecule has 0 saturated heterocycles. The molecule has 0 fully saturated rings. The number of carbonyl (C=O) groups excluding carboxylic acids is 1. The van der Waals surface area contributed by atoms with E-state index in [1.807, 2.05) is 0 Å². The molecule has 124 valence electrons. The monoisotopic (exact) mass is 329 g/mol. The van der Waals surface area contributed by atoms with Crippen molar-refractivity contribution in [2.24, 2.45) is 0 Å². The second kappa shape index (κ2) is 6.41. The van der Waals surface area contributed by atoms with Crippen molar-refractivity contribution in [1.29, 1.82) is 0 Å². The minimum atomic E-state index is -0.451. The van der Waals surface area contributed by atoms with Crippen LogP contribution in [0.25, 0.3) is 11.5 Å². The fraction of sp³-hybridized carbons (Fsp3) is 0.200. The van der Waals surface area contributed by atoms with Crippen LogP contribution in [0.5, 0.6) is 6.01 Å². The number of aromatic nitrogens is 3. The van der Waals surface area contributed by atoms with E-state index in [9.17, 15) is 4.79 Å². The molecule has 0 aliphatic heterocycles. The number of furan rings is 1. The lowest BCUT2D eigenvalue weighted by Gasteiger charge is -2.16. The van der Waals surface area contributed by atoms with Crippen molar-refractivity contribution in [2.45, 2.75) is 0 Å². The Bertz CT molecular complexity index is 841. The molecule has 9 heteroatoms. The van der Waals surface area contributed by atoms with Crippen molar-refractivity contribution < 1.29 is 18.5 Å². The van der Waals surface area contributed by atoms with Gasteiger partial charge in [0.1, 0.15) is 5.69 Å². The van der Waals surface area contributed by atoms with Gasteiger partial charge in [0.05, 0.1) is 19.6 Å². The summed E-state index contributed by atoms with van der Waals surface area (Å²) in [7, 11) is 5.06. The number of rotatable bonds is 5. The third-order valence-corrected chi connectivity index (χ3v) is 3.11. The first-order valence-electron chi connectivity index (χ1n) is 6.99. The molecular formula is C15H15N5O4. The summed E-state index contributed by atoms with van der Waals surface area (Å²) in [6, 6.07) is 5.13. The van der Waals surface area contributed by atoms with Gasteiger partial charge in [-0.15, -0.1) is 0 Å². The lowest BCUT2D eigenvalue weighted by atomic mass is 10.3. The van der Waals surface area contributed by atoms with Gasteiger partial charge in [0.2, 0.25) is 5.76 Å². The molecule has 1 N–H and O–H groups in total. The van der Waals surface area contributed by atoms with Gasteiger partial charge in [-0.2, -0.15) is 4.98 Å². The summed E-state index contributed by atoms with van der Waals surface area (Å²) in [5.41, 5.74) is 0.537. The number of nitrogens with zero attached hydrogens (tertiary/aromatic N) is 4. The molecule has 0 aromatic carbocycles. The predicted molar refractivity (Wildman–Crippen MR) is 85.1 cm³/mol. The fourth-order valence-electron chi connectivity index (χ4n) is 1.99. The molecule has 0 aliphatic rings. The number of methoxy groups -OCH3 is 1. The number of carbonyl (C=O) groups is 1. The lowest BCUT2D eigenvalue weighted by Crippen LogP contribution is -2.18. The molecule has 0 radical (unpaired) electrons. The van der Waals surface area contributed by atoms with Crippen molar-refractivity contribution in [3.05, 3.63) is 36.4 Å². The minimum absolute atomic E-state index is 0.113. The maximum Gasteiger partial charge on any atom is 0.318 e. The van der Waals surface area contributed by atoms with Crippen LogP contribution in [0.4, 0.5) is 11.5 Å². The van der Waals surface area contributed by atoms with Crippen molar-refractivity contribution in [3.8, 4) is 17.5 Å². The van der Waals surface area contributed by atoms with Gasteiger partial charge in [-0.05, 0) is 12.1 Å². The first-order chi connectivity index (χ1) is 11.6. The van der Waals surface area contributed by atoms with Crippen LogP contribution in [0.15, 0.2) is 39.6 Å². The van der Waals surface area contributed by atoms with E-state index < -0.39 is 5.91 Å². The van der Waals surface area contributed by atoms with Gasteiger partial charge in [-0.25, -0.2) is 4.98 Å². The summed E-state index contributed by atoms with van der Waals surface area (Å²) in [5.74, 6) is 0.908. The SMILES string of the molecule is COc1ncc(NC(=O)c2cc(-c3ccco3)on2)c(N(C)C)n1. The number of nitrogens with one attached hydrogen (secondary N) is 1. The minimum Gasteiger partial charge on any atom is -0.467 e. The quantitative estimate of drug-likeness (QED) is 0.758. The van der Waals surface area contributed by atoms with E-state index in [2.05, 4.69) is 20.4 Å². The third kappa shape index (κ3) is 3.05. The molecule has 0 saturated carbocycles. The maximum absolute atomic E-state index is 12.4. The molecule has 0 aliphatic carbocycles. The normalized spacial score (nSPS) is 10.5. The number of hydrogen-bond donors (Lipinski definition) is 1. The summed E-state index contributed by atoms with van der Waals surface area (Å²) in [6.45, 7) is 0. The molecule has 3 aromatic heterocycles. The molecule has 0 bridgehead atoms. The Morgan fingerprint density at radius 2 is 2.17 bits per heavy atom. The molecule has 0 unspecified atom stereocenters. The summed E-state index contributed by atoms with van der Waals surface area (Å²) in [4.78, 5) is 22.3. The van der Waals surface area contributed by atoms with Crippen LogP contribution in [-0.2, 0) is 0 Å². The molecule has 9 nitrogen and oxygen atoms in total. The summed E-state index contributed by atoms with van der Waals surface area (Å²) >= 11 is 0. The Balaban J connectivity index is 1.82. The Labute approximate surface area is 137 Å². The summed E-state index contributed by atoms with van der Waals surface area (Å²) < 4.78 is 15.3. The van der Waals surface area contributed by atoms with Gasteiger partial charge < -0.3 is 23.9 Å². The Morgan fingerprint density at radius 3 is 2.83 bits per heavy atom. The van der Waals surface area contributed by atoms with Gasteiger partial charge >= 0.3 is 6.01 Å². The average molecular weight is 329 g/mol. The zero-order valence-electron chi connectivity index (χ0n) is 13.3. The molecular weight excluding hydrogens is 314 g/mol.